The summed E-state index contributed by atoms with van der Waals surface area (Å²) in [7, 11) is 4.24. The van der Waals surface area contributed by atoms with Gasteiger partial charge in [-0.1, -0.05) is 18.2 Å². The average molecular weight is 427 g/mol. The third-order valence-electron chi connectivity index (χ3n) is 4.17. The minimum atomic E-state index is -4.46. The van der Waals surface area contributed by atoms with Crippen LogP contribution >= 0.6 is 11.8 Å². The maximum Gasteiger partial charge on any atom is 0.446 e. The molecule has 156 valence electrons. The van der Waals surface area contributed by atoms with Crippen LogP contribution in [0.3, 0.4) is 0 Å². The van der Waals surface area contributed by atoms with Gasteiger partial charge >= 0.3 is 5.51 Å². The summed E-state index contributed by atoms with van der Waals surface area (Å²) in [4.78, 5) is 25.1. The predicted octanol–water partition coefficient (Wildman–Crippen LogP) is 4.44. The van der Waals surface area contributed by atoms with Gasteiger partial charge in [-0.15, -0.1) is 0 Å². The Morgan fingerprint density at radius 2 is 1.79 bits per heavy atom. The van der Waals surface area contributed by atoms with E-state index in [1.165, 1.54) is 31.3 Å². The van der Waals surface area contributed by atoms with E-state index in [9.17, 15) is 22.8 Å². The molecule has 0 fully saturated rings. The summed E-state index contributed by atoms with van der Waals surface area (Å²) in [5.41, 5.74) is -3.29. The number of carbonyl (C=O) groups excluding carboxylic acids is 2. The first-order valence-electron chi connectivity index (χ1n) is 8.50. The SMILES string of the molecule is COc1cc(SC(F)(F)F)c(OC)cc1CCN(C)C(=O)c1ccccc1C=O. The standard InChI is InChI=1S/C20H20F3NO4S/c1-24(19(26)15-7-5-4-6-14(15)12-25)9-8-13-10-17(28-3)18(11-16(13)27-2)29-20(21,22)23/h4-7,10-12H,8-9H2,1-3H3. The van der Waals surface area contributed by atoms with Crippen LogP contribution in [0.5, 0.6) is 11.5 Å². The molecule has 0 saturated carbocycles. The highest BCUT2D eigenvalue weighted by molar-refractivity contribution is 8.00. The second kappa shape index (κ2) is 9.69. The van der Waals surface area contributed by atoms with E-state index in [0.717, 1.165) is 0 Å². The summed E-state index contributed by atoms with van der Waals surface area (Å²) in [6.45, 7) is 0.261. The minimum Gasteiger partial charge on any atom is -0.496 e. The molecule has 0 aliphatic carbocycles. The fourth-order valence-electron chi connectivity index (χ4n) is 2.72. The molecule has 0 aliphatic heterocycles. The molecular formula is C20H20F3NO4S. The monoisotopic (exact) mass is 427 g/mol. The van der Waals surface area contributed by atoms with E-state index in [1.807, 2.05) is 0 Å². The summed E-state index contributed by atoms with van der Waals surface area (Å²) in [5, 5.41) is 0. The normalized spacial score (nSPS) is 11.1. The number of hydrogen-bond donors (Lipinski definition) is 0. The molecule has 0 unspecified atom stereocenters. The number of nitrogens with zero attached hydrogens (tertiary/aromatic N) is 1. The van der Waals surface area contributed by atoms with Crippen molar-refractivity contribution in [2.45, 2.75) is 16.8 Å². The molecule has 2 aromatic rings. The second-order valence-corrected chi connectivity index (χ2v) is 7.15. The number of hydrogen-bond acceptors (Lipinski definition) is 5. The van der Waals surface area contributed by atoms with Gasteiger partial charge in [-0.05, 0) is 41.9 Å². The molecule has 2 rings (SSSR count). The molecule has 5 nitrogen and oxygen atoms in total. The molecule has 0 saturated heterocycles. The van der Waals surface area contributed by atoms with E-state index < -0.39 is 5.51 Å². The molecule has 29 heavy (non-hydrogen) atoms. The number of benzene rings is 2. The Hall–Kier alpha value is -2.68. The maximum absolute atomic E-state index is 12.8. The second-order valence-electron chi connectivity index (χ2n) is 6.04. The Morgan fingerprint density at radius 1 is 1.14 bits per heavy atom. The number of halogens is 3. The van der Waals surface area contributed by atoms with Crippen molar-refractivity contribution in [3.63, 3.8) is 0 Å². The van der Waals surface area contributed by atoms with Gasteiger partial charge in [0.25, 0.3) is 5.91 Å². The zero-order valence-electron chi connectivity index (χ0n) is 16.1. The Labute approximate surface area is 170 Å². The summed E-state index contributed by atoms with van der Waals surface area (Å²) >= 11 is -0.282. The van der Waals surface area contributed by atoms with Crippen molar-refractivity contribution in [2.24, 2.45) is 0 Å². The number of amides is 1. The van der Waals surface area contributed by atoms with Gasteiger partial charge in [-0.2, -0.15) is 13.2 Å². The van der Waals surface area contributed by atoms with E-state index >= 15 is 0 Å². The van der Waals surface area contributed by atoms with Crippen molar-refractivity contribution in [3.8, 4) is 11.5 Å². The molecule has 0 radical (unpaired) electrons. The topological polar surface area (TPSA) is 55.8 Å². The number of thioether (sulfide) groups is 1. The van der Waals surface area contributed by atoms with Crippen LogP contribution in [-0.4, -0.2) is 50.4 Å². The largest absolute Gasteiger partial charge is 0.496 e. The number of alkyl halides is 3. The predicted molar refractivity (Wildman–Crippen MR) is 104 cm³/mol. The number of aldehydes is 1. The van der Waals surface area contributed by atoms with Crippen LogP contribution in [0.2, 0.25) is 0 Å². The molecule has 0 heterocycles. The first kappa shape index (κ1) is 22.6. The van der Waals surface area contributed by atoms with Gasteiger partial charge in [0.15, 0.2) is 6.29 Å². The number of methoxy groups -OCH3 is 2. The Morgan fingerprint density at radius 3 is 2.38 bits per heavy atom. The maximum atomic E-state index is 12.8. The molecule has 2 aromatic carbocycles. The molecule has 0 bridgehead atoms. The molecule has 0 aromatic heterocycles. The van der Waals surface area contributed by atoms with Gasteiger partial charge in [-0.3, -0.25) is 9.59 Å². The first-order chi connectivity index (χ1) is 13.7. The van der Waals surface area contributed by atoms with Crippen molar-refractivity contribution in [3.05, 3.63) is 53.1 Å². The lowest BCUT2D eigenvalue weighted by atomic mass is 10.1. The molecule has 0 aliphatic rings. The smallest absolute Gasteiger partial charge is 0.446 e. The van der Waals surface area contributed by atoms with Gasteiger partial charge in [0.1, 0.15) is 11.5 Å². The van der Waals surface area contributed by atoms with Crippen LogP contribution in [0.25, 0.3) is 0 Å². The third kappa shape index (κ3) is 5.90. The van der Waals surface area contributed by atoms with E-state index in [4.69, 9.17) is 9.47 Å². The van der Waals surface area contributed by atoms with E-state index in [1.54, 1.807) is 31.3 Å². The fraction of sp³-hybridized carbons (Fsp3) is 0.300. The van der Waals surface area contributed by atoms with Gasteiger partial charge in [-0.25, -0.2) is 0 Å². The van der Waals surface area contributed by atoms with Crippen molar-refractivity contribution in [1.82, 2.24) is 4.90 Å². The van der Waals surface area contributed by atoms with Crippen LogP contribution < -0.4 is 9.47 Å². The van der Waals surface area contributed by atoms with Crippen LogP contribution in [0, 0.1) is 0 Å². The lowest BCUT2D eigenvalue weighted by Gasteiger charge is -2.20. The fourth-order valence-corrected chi connectivity index (χ4v) is 3.38. The van der Waals surface area contributed by atoms with Crippen molar-refractivity contribution in [1.29, 1.82) is 0 Å². The summed E-state index contributed by atoms with van der Waals surface area (Å²) in [5.74, 6) is 0.0120. The van der Waals surface area contributed by atoms with Gasteiger partial charge in [0.2, 0.25) is 0 Å². The molecule has 0 N–H and O–H groups in total. The van der Waals surface area contributed by atoms with Crippen LogP contribution in [0.4, 0.5) is 13.2 Å². The molecule has 9 heteroatoms. The average Bonchev–Trinajstić information content (AvgIpc) is 2.70. The summed E-state index contributed by atoms with van der Waals surface area (Å²) in [6.07, 6.45) is 0.938. The Bertz CT molecular complexity index is 887. The van der Waals surface area contributed by atoms with Crippen molar-refractivity contribution < 1.29 is 32.2 Å². The zero-order valence-corrected chi connectivity index (χ0v) is 16.9. The van der Waals surface area contributed by atoms with E-state index in [-0.39, 0.29) is 51.7 Å². The van der Waals surface area contributed by atoms with Crippen LogP contribution in [-0.2, 0) is 6.42 Å². The van der Waals surface area contributed by atoms with Crippen molar-refractivity contribution in [2.75, 3.05) is 27.8 Å². The molecule has 0 spiro atoms. The summed E-state index contributed by atoms with van der Waals surface area (Å²) in [6, 6.07) is 9.20. The lowest BCUT2D eigenvalue weighted by molar-refractivity contribution is -0.0329. The van der Waals surface area contributed by atoms with Gasteiger partial charge in [0, 0.05) is 19.2 Å². The Balaban J connectivity index is 2.20. The highest BCUT2D eigenvalue weighted by atomic mass is 32.2. The van der Waals surface area contributed by atoms with E-state index in [0.29, 0.717) is 18.3 Å². The zero-order chi connectivity index (χ0) is 21.6. The Kier molecular flexibility index (Phi) is 7.55. The first-order valence-corrected chi connectivity index (χ1v) is 9.32. The summed E-state index contributed by atoms with van der Waals surface area (Å²) < 4.78 is 48.6. The van der Waals surface area contributed by atoms with Gasteiger partial charge < -0.3 is 14.4 Å². The minimum absolute atomic E-state index is 0.0726. The van der Waals surface area contributed by atoms with E-state index in [2.05, 4.69) is 0 Å². The number of ether oxygens (including phenoxy) is 2. The third-order valence-corrected chi connectivity index (χ3v) is 4.94. The van der Waals surface area contributed by atoms with Crippen LogP contribution in [0.1, 0.15) is 26.3 Å². The number of rotatable bonds is 8. The lowest BCUT2D eigenvalue weighted by Crippen LogP contribution is -2.29. The quantitative estimate of drug-likeness (QED) is 0.461. The molecule has 1 amide bonds. The molecular weight excluding hydrogens is 407 g/mol. The highest BCUT2D eigenvalue weighted by Gasteiger charge is 2.31. The number of carbonyl (C=O) groups is 2. The van der Waals surface area contributed by atoms with Crippen molar-refractivity contribution >= 4 is 24.0 Å². The number of likely N-dealkylation sites (N-methyl/N-ethyl adjacent to an activating group) is 1. The highest BCUT2D eigenvalue weighted by Crippen LogP contribution is 2.44. The van der Waals surface area contributed by atoms with Crippen LogP contribution in [0.15, 0.2) is 41.3 Å². The molecule has 0 atom stereocenters. The van der Waals surface area contributed by atoms with Gasteiger partial charge in [0.05, 0.1) is 24.7 Å².